The van der Waals surface area contributed by atoms with Gasteiger partial charge in [-0.15, -0.1) is 0 Å². The molecular formula is C16H16N2O3. The van der Waals surface area contributed by atoms with Gasteiger partial charge in [0.25, 0.3) is 0 Å². The minimum Gasteiger partial charge on any atom is -0.481 e. The largest absolute Gasteiger partial charge is 0.481 e. The molecule has 1 saturated heterocycles. The molecule has 0 saturated carbocycles. The number of carboxylic acids is 1. The Morgan fingerprint density at radius 1 is 1.24 bits per heavy atom. The van der Waals surface area contributed by atoms with Gasteiger partial charge in [-0.1, -0.05) is 12.1 Å². The van der Waals surface area contributed by atoms with E-state index in [2.05, 4.69) is 0 Å². The van der Waals surface area contributed by atoms with Crippen LogP contribution < -0.4 is 0 Å². The van der Waals surface area contributed by atoms with Crippen molar-refractivity contribution in [2.24, 2.45) is 5.92 Å². The molecule has 1 aromatic carbocycles. The molecule has 2 rings (SSSR count). The molecule has 1 heterocycles. The Bertz CT molecular complexity index is 591. The van der Waals surface area contributed by atoms with Crippen LogP contribution in [0.15, 0.2) is 30.3 Å². The highest BCUT2D eigenvalue weighted by atomic mass is 16.4. The number of carboxylic acid groups (broad SMARTS) is 1. The number of hydrogen-bond donors (Lipinski definition) is 1. The number of carbonyl (C=O) groups is 2. The summed E-state index contributed by atoms with van der Waals surface area (Å²) in [6, 6.07) is 8.98. The first-order valence-electron chi connectivity index (χ1n) is 6.80. The number of hydrogen-bond acceptors (Lipinski definition) is 3. The second-order valence-corrected chi connectivity index (χ2v) is 5.00. The summed E-state index contributed by atoms with van der Waals surface area (Å²) < 4.78 is 0. The highest BCUT2D eigenvalue weighted by Gasteiger charge is 2.25. The van der Waals surface area contributed by atoms with Crippen LogP contribution in [0.1, 0.15) is 24.0 Å². The summed E-state index contributed by atoms with van der Waals surface area (Å²) in [6.07, 6.45) is 4.20. The average molecular weight is 284 g/mol. The molecule has 108 valence electrons. The van der Waals surface area contributed by atoms with Crippen molar-refractivity contribution in [2.45, 2.75) is 12.8 Å². The third kappa shape index (κ3) is 3.93. The standard InChI is InChI=1S/C16H16N2O3/c17-11-13-3-1-12(2-4-13)5-6-15(19)18-9-7-14(8-10-18)16(20)21/h1-6,14H,7-10H2,(H,20,21)/b6-5+. The summed E-state index contributed by atoms with van der Waals surface area (Å²) in [7, 11) is 0. The summed E-state index contributed by atoms with van der Waals surface area (Å²) in [4.78, 5) is 24.5. The number of carbonyl (C=O) groups excluding carboxylic acids is 1. The van der Waals surface area contributed by atoms with Gasteiger partial charge in [-0.05, 0) is 36.6 Å². The fourth-order valence-corrected chi connectivity index (χ4v) is 2.29. The van der Waals surface area contributed by atoms with Gasteiger partial charge in [-0.3, -0.25) is 9.59 Å². The molecule has 5 nitrogen and oxygen atoms in total. The number of nitriles is 1. The maximum absolute atomic E-state index is 12.0. The predicted molar refractivity (Wildman–Crippen MR) is 77.1 cm³/mol. The molecule has 0 spiro atoms. The van der Waals surface area contributed by atoms with Crippen molar-refractivity contribution in [1.82, 2.24) is 4.90 Å². The van der Waals surface area contributed by atoms with Gasteiger partial charge < -0.3 is 10.0 Å². The summed E-state index contributed by atoms with van der Waals surface area (Å²) in [5.41, 5.74) is 1.43. The van der Waals surface area contributed by atoms with Crippen molar-refractivity contribution < 1.29 is 14.7 Å². The number of piperidine rings is 1. The van der Waals surface area contributed by atoms with Crippen molar-refractivity contribution in [3.8, 4) is 6.07 Å². The topological polar surface area (TPSA) is 81.4 Å². The van der Waals surface area contributed by atoms with Crippen molar-refractivity contribution in [1.29, 1.82) is 5.26 Å². The van der Waals surface area contributed by atoms with Crippen LogP contribution >= 0.6 is 0 Å². The lowest BCUT2D eigenvalue weighted by Crippen LogP contribution is -2.39. The predicted octanol–water partition coefficient (Wildman–Crippen LogP) is 1.89. The van der Waals surface area contributed by atoms with Crippen molar-refractivity contribution in [3.63, 3.8) is 0 Å². The normalized spacial score (nSPS) is 15.9. The van der Waals surface area contributed by atoms with E-state index in [4.69, 9.17) is 10.4 Å². The van der Waals surface area contributed by atoms with E-state index in [1.807, 2.05) is 6.07 Å². The molecule has 0 bridgehead atoms. The van der Waals surface area contributed by atoms with Crippen LogP contribution in [0.2, 0.25) is 0 Å². The molecule has 0 aliphatic carbocycles. The van der Waals surface area contributed by atoms with Crippen molar-refractivity contribution in [3.05, 3.63) is 41.5 Å². The van der Waals surface area contributed by atoms with Crippen LogP contribution in [-0.4, -0.2) is 35.0 Å². The molecule has 1 N–H and O–H groups in total. The van der Waals surface area contributed by atoms with Crippen molar-refractivity contribution >= 4 is 18.0 Å². The summed E-state index contributed by atoms with van der Waals surface area (Å²) in [6.45, 7) is 0.959. The SMILES string of the molecule is N#Cc1ccc(/C=C/C(=O)N2CCC(C(=O)O)CC2)cc1. The maximum Gasteiger partial charge on any atom is 0.306 e. The van der Waals surface area contributed by atoms with E-state index in [0.29, 0.717) is 31.5 Å². The van der Waals surface area contributed by atoms with E-state index in [9.17, 15) is 9.59 Å². The van der Waals surface area contributed by atoms with Crippen molar-refractivity contribution in [2.75, 3.05) is 13.1 Å². The Hall–Kier alpha value is -2.61. The first kappa shape index (κ1) is 14.8. The minimum atomic E-state index is -0.782. The molecule has 1 aromatic rings. The second kappa shape index (κ2) is 6.71. The average Bonchev–Trinajstić information content (AvgIpc) is 2.53. The number of rotatable bonds is 3. The molecule has 0 radical (unpaired) electrons. The fraction of sp³-hybridized carbons (Fsp3) is 0.312. The molecule has 0 atom stereocenters. The molecule has 1 fully saturated rings. The van der Waals surface area contributed by atoms with E-state index in [1.165, 1.54) is 6.08 Å². The molecule has 0 unspecified atom stereocenters. The van der Waals surface area contributed by atoms with Gasteiger partial charge in [0.2, 0.25) is 5.91 Å². The van der Waals surface area contributed by atoms with Gasteiger partial charge >= 0.3 is 5.97 Å². The van der Waals surface area contributed by atoms with Crippen LogP contribution in [0.3, 0.4) is 0 Å². The van der Waals surface area contributed by atoms with E-state index < -0.39 is 5.97 Å². The molecule has 1 amide bonds. The Morgan fingerprint density at radius 2 is 1.86 bits per heavy atom. The van der Waals surface area contributed by atoms with Gasteiger partial charge in [0.05, 0.1) is 17.6 Å². The third-order valence-electron chi connectivity index (χ3n) is 3.61. The van der Waals surface area contributed by atoms with E-state index in [0.717, 1.165) is 5.56 Å². The van der Waals surface area contributed by atoms with Gasteiger partial charge in [0.15, 0.2) is 0 Å². The molecule has 0 aromatic heterocycles. The zero-order valence-corrected chi connectivity index (χ0v) is 11.5. The number of likely N-dealkylation sites (tertiary alicyclic amines) is 1. The minimum absolute atomic E-state index is 0.108. The highest BCUT2D eigenvalue weighted by molar-refractivity contribution is 5.92. The second-order valence-electron chi connectivity index (χ2n) is 5.00. The van der Waals surface area contributed by atoms with Gasteiger partial charge in [-0.2, -0.15) is 5.26 Å². The van der Waals surface area contributed by atoms with E-state index >= 15 is 0 Å². The smallest absolute Gasteiger partial charge is 0.306 e. The number of amides is 1. The Labute approximate surface area is 123 Å². The quantitative estimate of drug-likeness (QED) is 0.859. The summed E-state index contributed by atoms with van der Waals surface area (Å²) in [5.74, 6) is -1.23. The maximum atomic E-state index is 12.0. The lowest BCUT2D eigenvalue weighted by atomic mass is 9.97. The summed E-state index contributed by atoms with van der Waals surface area (Å²) >= 11 is 0. The Balaban J connectivity index is 1.91. The molecule has 21 heavy (non-hydrogen) atoms. The van der Waals surface area contributed by atoms with Crippen LogP contribution in [0.25, 0.3) is 6.08 Å². The van der Waals surface area contributed by atoms with E-state index in [-0.39, 0.29) is 11.8 Å². The first-order valence-corrected chi connectivity index (χ1v) is 6.80. The van der Waals surface area contributed by atoms with Crippen LogP contribution in [0, 0.1) is 17.2 Å². The third-order valence-corrected chi connectivity index (χ3v) is 3.61. The van der Waals surface area contributed by atoms with Crippen LogP contribution in [-0.2, 0) is 9.59 Å². The Morgan fingerprint density at radius 3 is 2.38 bits per heavy atom. The molecule has 5 heteroatoms. The van der Waals surface area contributed by atoms with Gasteiger partial charge in [0.1, 0.15) is 0 Å². The fourth-order valence-electron chi connectivity index (χ4n) is 2.29. The van der Waals surface area contributed by atoms with Crippen LogP contribution in [0.5, 0.6) is 0 Å². The lowest BCUT2D eigenvalue weighted by molar-refractivity contribution is -0.144. The van der Waals surface area contributed by atoms with E-state index in [1.54, 1.807) is 35.2 Å². The van der Waals surface area contributed by atoms with Crippen LogP contribution in [0.4, 0.5) is 0 Å². The number of benzene rings is 1. The Kier molecular flexibility index (Phi) is 4.72. The summed E-state index contributed by atoms with van der Waals surface area (Å²) in [5, 5.41) is 17.6. The molecular weight excluding hydrogens is 268 g/mol. The number of nitrogens with zero attached hydrogens (tertiary/aromatic N) is 2. The first-order chi connectivity index (χ1) is 10.1. The molecule has 1 aliphatic heterocycles. The monoisotopic (exact) mass is 284 g/mol. The zero-order chi connectivity index (χ0) is 15.2. The van der Waals surface area contributed by atoms with Gasteiger partial charge in [-0.25, -0.2) is 0 Å². The lowest BCUT2D eigenvalue weighted by Gasteiger charge is -2.29. The number of aliphatic carboxylic acids is 1. The van der Waals surface area contributed by atoms with Gasteiger partial charge in [0, 0.05) is 19.2 Å². The molecule has 1 aliphatic rings. The highest BCUT2D eigenvalue weighted by Crippen LogP contribution is 2.17. The zero-order valence-electron chi connectivity index (χ0n) is 11.5.